The van der Waals surface area contributed by atoms with Crippen LogP contribution in [-0.2, 0) is 0 Å². The molecule has 0 unspecified atom stereocenters. The second-order valence-corrected chi connectivity index (χ2v) is 4.29. The monoisotopic (exact) mass is 245 g/mol. The second kappa shape index (κ2) is 6.06. The number of nitrogens with two attached hydrogens (primary N) is 1. The molecule has 0 aromatic heterocycles. The fourth-order valence-electron chi connectivity index (χ4n) is 1.64. The molecule has 18 heavy (non-hydrogen) atoms. The topological polar surface area (TPSA) is 50.4 Å². The van der Waals surface area contributed by atoms with Crippen LogP contribution in [0.25, 0.3) is 0 Å². The Kier molecular flexibility index (Phi) is 4.19. The lowest BCUT2D eigenvalue weighted by Gasteiger charge is -2.26. The summed E-state index contributed by atoms with van der Waals surface area (Å²) in [6.45, 7) is 0.321. The second-order valence-electron chi connectivity index (χ2n) is 4.29. The summed E-state index contributed by atoms with van der Waals surface area (Å²) in [5.41, 5.74) is 6.35. The highest BCUT2D eigenvalue weighted by molar-refractivity contribution is 5.78. The molecule has 0 bridgehead atoms. The van der Waals surface area contributed by atoms with Crippen molar-refractivity contribution in [1.82, 2.24) is 5.32 Å². The summed E-state index contributed by atoms with van der Waals surface area (Å²) in [4.78, 5) is 4.10. The summed E-state index contributed by atoms with van der Waals surface area (Å²) in [7, 11) is 0. The zero-order valence-corrected chi connectivity index (χ0v) is 10.1. The summed E-state index contributed by atoms with van der Waals surface area (Å²) in [5.74, 6) is 5.84. The van der Waals surface area contributed by atoms with Gasteiger partial charge >= 0.3 is 0 Å². The lowest BCUT2D eigenvalue weighted by Crippen LogP contribution is -2.43. The van der Waals surface area contributed by atoms with Crippen molar-refractivity contribution in [2.24, 2.45) is 10.7 Å². The molecule has 1 fully saturated rings. The number of hydrogen-bond acceptors (Lipinski definition) is 1. The molecule has 2 rings (SSSR count). The molecule has 1 aromatic carbocycles. The van der Waals surface area contributed by atoms with E-state index in [1.54, 1.807) is 12.1 Å². The van der Waals surface area contributed by atoms with Crippen LogP contribution in [0, 0.1) is 17.7 Å². The van der Waals surface area contributed by atoms with Crippen molar-refractivity contribution in [3.8, 4) is 11.8 Å². The van der Waals surface area contributed by atoms with E-state index in [9.17, 15) is 4.39 Å². The largest absolute Gasteiger partial charge is 0.370 e. The van der Waals surface area contributed by atoms with E-state index in [0.717, 1.165) is 12.8 Å². The molecule has 94 valence electrons. The van der Waals surface area contributed by atoms with E-state index in [1.165, 1.54) is 18.6 Å². The van der Waals surface area contributed by atoms with E-state index in [-0.39, 0.29) is 5.82 Å². The van der Waals surface area contributed by atoms with Gasteiger partial charge in [-0.3, -0.25) is 0 Å². The van der Waals surface area contributed by atoms with Crippen LogP contribution in [0.3, 0.4) is 0 Å². The maximum Gasteiger partial charge on any atom is 0.189 e. The smallest absolute Gasteiger partial charge is 0.189 e. The summed E-state index contributed by atoms with van der Waals surface area (Å²) in [6, 6.07) is 6.66. The van der Waals surface area contributed by atoms with Crippen LogP contribution in [0.2, 0.25) is 0 Å². The average Bonchev–Trinajstić information content (AvgIpc) is 2.30. The van der Waals surface area contributed by atoms with Crippen molar-refractivity contribution in [3.63, 3.8) is 0 Å². The lowest BCUT2D eigenvalue weighted by molar-refractivity contribution is 0.382. The van der Waals surface area contributed by atoms with Crippen LogP contribution < -0.4 is 11.1 Å². The molecule has 0 radical (unpaired) electrons. The third-order valence-electron chi connectivity index (χ3n) is 2.84. The van der Waals surface area contributed by atoms with Crippen LogP contribution >= 0.6 is 0 Å². The van der Waals surface area contributed by atoms with E-state index >= 15 is 0 Å². The summed E-state index contributed by atoms with van der Waals surface area (Å²) in [6.07, 6.45) is 3.57. The minimum absolute atomic E-state index is 0.281. The Hall–Kier alpha value is -2.02. The van der Waals surface area contributed by atoms with Crippen molar-refractivity contribution in [1.29, 1.82) is 0 Å². The Morgan fingerprint density at radius 1 is 1.50 bits per heavy atom. The molecule has 1 aliphatic carbocycles. The van der Waals surface area contributed by atoms with Crippen LogP contribution in [0.5, 0.6) is 0 Å². The number of aliphatic imine (C=N–C) groups is 1. The number of hydrogen-bond donors (Lipinski definition) is 2. The SMILES string of the molecule is NC(=NCC#Cc1cccc(F)c1)NC1CCC1. The molecular formula is C14H16FN3. The zero-order chi connectivity index (χ0) is 12.8. The molecule has 0 aliphatic heterocycles. The van der Waals surface area contributed by atoms with Gasteiger partial charge in [-0.05, 0) is 37.5 Å². The fourth-order valence-corrected chi connectivity index (χ4v) is 1.64. The molecule has 0 atom stereocenters. The minimum atomic E-state index is -0.281. The average molecular weight is 245 g/mol. The Labute approximate surface area is 106 Å². The number of nitrogens with zero attached hydrogens (tertiary/aromatic N) is 1. The molecular weight excluding hydrogens is 229 g/mol. The lowest BCUT2D eigenvalue weighted by atomic mass is 9.93. The number of halogens is 1. The van der Waals surface area contributed by atoms with Gasteiger partial charge in [0.2, 0.25) is 0 Å². The number of guanidine groups is 1. The molecule has 3 nitrogen and oxygen atoms in total. The number of rotatable bonds is 2. The van der Waals surface area contributed by atoms with Crippen molar-refractivity contribution in [3.05, 3.63) is 35.6 Å². The summed E-state index contributed by atoms with van der Waals surface area (Å²) < 4.78 is 12.9. The Morgan fingerprint density at radius 3 is 3.00 bits per heavy atom. The third-order valence-corrected chi connectivity index (χ3v) is 2.84. The van der Waals surface area contributed by atoms with Crippen LogP contribution in [-0.4, -0.2) is 18.5 Å². The Bertz CT molecular complexity index is 495. The Balaban J connectivity index is 1.82. The predicted octanol–water partition coefficient (Wildman–Crippen LogP) is 1.63. The number of benzene rings is 1. The molecule has 0 heterocycles. The van der Waals surface area contributed by atoms with Gasteiger partial charge in [0.25, 0.3) is 0 Å². The fraction of sp³-hybridized carbons (Fsp3) is 0.357. The van der Waals surface area contributed by atoms with Crippen molar-refractivity contribution >= 4 is 5.96 Å². The van der Waals surface area contributed by atoms with E-state index in [4.69, 9.17) is 5.73 Å². The van der Waals surface area contributed by atoms with E-state index in [0.29, 0.717) is 24.1 Å². The third kappa shape index (κ3) is 3.77. The van der Waals surface area contributed by atoms with E-state index in [2.05, 4.69) is 22.2 Å². The van der Waals surface area contributed by atoms with Gasteiger partial charge in [-0.2, -0.15) is 0 Å². The first-order chi connectivity index (χ1) is 8.74. The van der Waals surface area contributed by atoms with E-state index in [1.807, 2.05) is 0 Å². The maximum atomic E-state index is 12.9. The van der Waals surface area contributed by atoms with Crippen molar-refractivity contribution < 1.29 is 4.39 Å². The van der Waals surface area contributed by atoms with Gasteiger partial charge in [-0.25, -0.2) is 9.38 Å². The molecule has 1 aromatic rings. The molecule has 3 N–H and O–H groups in total. The van der Waals surface area contributed by atoms with Gasteiger partial charge < -0.3 is 11.1 Å². The van der Waals surface area contributed by atoms with Gasteiger partial charge in [-0.15, -0.1) is 0 Å². The highest BCUT2D eigenvalue weighted by Gasteiger charge is 2.16. The first-order valence-electron chi connectivity index (χ1n) is 6.05. The van der Waals surface area contributed by atoms with Gasteiger partial charge in [0.1, 0.15) is 12.4 Å². The first-order valence-corrected chi connectivity index (χ1v) is 6.05. The summed E-state index contributed by atoms with van der Waals surface area (Å²) in [5, 5.41) is 3.12. The highest BCUT2D eigenvalue weighted by atomic mass is 19.1. The molecule has 1 aliphatic rings. The molecule has 0 spiro atoms. The van der Waals surface area contributed by atoms with Crippen LogP contribution in [0.15, 0.2) is 29.3 Å². The van der Waals surface area contributed by atoms with Gasteiger partial charge in [0.05, 0.1) is 0 Å². The van der Waals surface area contributed by atoms with E-state index < -0.39 is 0 Å². The van der Waals surface area contributed by atoms with Crippen LogP contribution in [0.4, 0.5) is 4.39 Å². The molecule has 0 amide bonds. The standard InChI is InChI=1S/C14H16FN3/c15-12-6-1-4-11(10-12)5-3-9-17-14(16)18-13-7-2-8-13/h1,4,6,10,13H,2,7-9H2,(H3,16,17,18). The summed E-state index contributed by atoms with van der Waals surface area (Å²) >= 11 is 0. The maximum absolute atomic E-state index is 12.9. The number of nitrogens with one attached hydrogen (secondary N) is 1. The highest BCUT2D eigenvalue weighted by Crippen LogP contribution is 2.17. The van der Waals surface area contributed by atoms with Gasteiger partial charge in [0, 0.05) is 11.6 Å². The van der Waals surface area contributed by atoms with Crippen LogP contribution in [0.1, 0.15) is 24.8 Å². The van der Waals surface area contributed by atoms with Gasteiger partial charge in [-0.1, -0.05) is 17.9 Å². The molecule has 1 saturated carbocycles. The first kappa shape index (κ1) is 12.4. The quantitative estimate of drug-likeness (QED) is 0.473. The molecule has 0 saturated heterocycles. The predicted molar refractivity (Wildman–Crippen MR) is 70.5 cm³/mol. The molecule has 4 heteroatoms. The normalized spacial score (nSPS) is 15.5. The Morgan fingerprint density at radius 2 is 2.33 bits per heavy atom. The van der Waals surface area contributed by atoms with Gasteiger partial charge in [0.15, 0.2) is 5.96 Å². The minimum Gasteiger partial charge on any atom is -0.370 e. The van der Waals surface area contributed by atoms with Crippen molar-refractivity contribution in [2.75, 3.05) is 6.54 Å². The zero-order valence-electron chi connectivity index (χ0n) is 10.1. The van der Waals surface area contributed by atoms with Crippen molar-refractivity contribution in [2.45, 2.75) is 25.3 Å².